The molecular formula is C10H14F3N3. The molecule has 6 heteroatoms. The van der Waals surface area contributed by atoms with Gasteiger partial charge in [0.2, 0.25) is 0 Å². The molecule has 0 unspecified atom stereocenters. The lowest BCUT2D eigenvalue weighted by Crippen LogP contribution is -2.14. The van der Waals surface area contributed by atoms with Crippen LogP contribution in [-0.2, 0) is 6.18 Å². The lowest BCUT2D eigenvalue weighted by molar-refractivity contribution is -0.137. The molecule has 1 rings (SSSR count). The van der Waals surface area contributed by atoms with Crippen molar-refractivity contribution in [2.75, 3.05) is 17.7 Å². The van der Waals surface area contributed by atoms with E-state index in [4.69, 9.17) is 0 Å². The summed E-state index contributed by atoms with van der Waals surface area (Å²) in [6, 6.07) is 1.09. The van der Waals surface area contributed by atoms with E-state index in [1.165, 1.54) is 0 Å². The smallest absolute Gasteiger partial charge is 0.380 e. The highest BCUT2D eigenvalue weighted by Gasteiger charge is 2.31. The van der Waals surface area contributed by atoms with E-state index >= 15 is 0 Å². The summed E-state index contributed by atoms with van der Waals surface area (Å²) >= 11 is 0. The van der Waals surface area contributed by atoms with E-state index in [0.29, 0.717) is 11.5 Å². The van der Waals surface area contributed by atoms with E-state index in [9.17, 15) is 13.2 Å². The van der Waals surface area contributed by atoms with Gasteiger partial charge in [-0.3, -0.25) is 0 Å². The summed E-state index contributed by atoms with van der Waals surface area (Å²) in [7, 11) is 1.61. The van der Waals surface area contributed by atoms with E-state index in [0.717, 1.165) is 12.3 Å². The minimum absolute atomic E-state index is 0.0392. The van der Waals surface area contributed by atoms with Crippen molar-refractivity contribution in [3.8, 4) is 0 Å². The minimum Gasteiger partial charge on any atom is -0.380 e. The monoisotopic (exact) mass is 233 g/mol. The summed E-state index contributed by atoms with van der Waals surface area (Å²) in [5, 5.41) is 5.65. The quantitative estimate of drug-likeness (QED) is 0.842. The second-order valence-corrected chi connectivity index (χ2v) is 3.67. The Hall–Kier alpha value is -1.46. The third kappa shape index (κ3) is 3.01. The van der Waals surface area contributed by atoms with Crippen LogP contribution in [0.15, 0.2) is 12.3 Å². The highest BCUT2D eigenvalue weighted by atomic mass is 19.4. The van der Waals surface area contributed by atoms with Crippen molar-refractivity contribution < 1.29 is 13.2 Å². The summed E-state index contributed by atoms with van der Waals surface area (Å²) in [5.74, 6) is 0.404. The molecule has 0 saturated carbocycles. The summed E-state index contributed by atoms with van der Waals surface area (Å²) < 4.78 is 37.4. The number of rotatable bonds is 3. The number of anilines is 2. The molecule has 0 fully saturated rings. The second kappa shape index (κ2) is 4.59. The fourth-order valence-electron chi connectivity index (χ4n) is 1.24. The Balaban J connectivity index is 3.11. The number of alkyl halides is 3. The number of aromatic nitrogens is 1. The first-order chi connectivity index (χ1) is 7.34. The number of hydrogen-bond acceptors (Lipinski definition) is 3. The van der Waals surface area contributed by atoms with Crippen LogP contribution in [0, 0.1) is 0 Å². The minimum atomic E-state index is -4.37. The molecule has 0 bridgehead atoms. The summed E-state index contributed by atoms with van der Waals surface area (Å²) in [5.41, 5.74) is -0.401. The Kier molecular flexibility index (Phi) is 3.62. The van der Waals surface area contributed by atoms with Crippen molar-refractivity contribution in [3.05, 3.63) is 17.8 Å². The van der Waals surface area contributed by atoms with Crippen molar-refractivity contribution in [2.45, 2.75) is 26.1 Å². The fourth-order valence-corrected chi connectivity index (χ4v) is 1.24. The molecule has 0 atom stereocenters. The molecular weight excluding hydrogens is 219 g/mol. The predicted octanol–water partition coefficient (Wildman–Crippen LogP) is 2.96. The molecule has 16 heavy (non-hydrogen) atoms. The third-order valence-corrected chi connectivity index (χ3v) is 1.90. The van der Waals surface area contributed by atoms with E-state index in [-0.39, 0.29) is 6.04 Å². The van der Waals surface area contributed by atoms with Gasteiger partial charge < -0.3 is 10.6 Å². The van der Waals surface area contributed by atoms with Crippen molar-refractivity contribution in [3.63, 3.8) is 0 Å². The molecule has 0 radical (unpaired) electrons. The highest BCUT2D eigenvalue weighted by molar-refractivity contribution is 5.65. The number of nitrogens with zero attached hydrogens (tertiary/aromatic N) is 1. The molecule has 3 nitrogen and oxygen atoms in total. The zero-order valence-corrected chi connectivity index (χ0v) is 9.31. The van der Waals surface area contributed by atoms with Crippen molar-refractivity contribution in [1.82, 2.24) is 4.98 Å². The molecule has 0 aliphatic rings. The van der Waals surface area contributed by atoms with Crippen LogP contribution in [0.25, 0.3) is 0 Å². The van der Waals surface area contributed by atoms with E-state index < -0.39 is 11.7 Å². The first kappa shape index (κ1) is 12.6. The first-order valence-corrected chi connectivity index (χ1v) is 4.86. The fraction of sp³-hybridized carbons (Fsp3) is 0.500. The average molecular weight is 233 g/mol. The van der Waals surface area contributed by atoms with Crippen LogP contribution >= 0.6 is 0 Å². The molecule has 1 aromatic rings. The van der Waals surface area contributed by atoms with Gasteiger partial charge in [0, 0.05) is 19.3 Å². The number of hydrogen-bond donors (Lipinski definition) is 2. The van der Waals surface area contributed by atoms with E-state index in [2.05, 4.69) is 15.6 Å². The Morgan fingerprint density at radius 1 is 1.31 bits per heavy atom. The number of nitrogens with one attached hydrogen (secondary N) is 2. The van der Waals surface area contributed by atoms with Crippen LogP contribution in [0.1, 0.15) is 19.4 Å². The van der Waals surface area contributed by atoms with E-state index in [1.54, 1.807) is 7.05 Å². The van der Waals surface area contributed by atoms with Crippen LogP contribution in [-0.4, -0.2) is 18.1 Å². The molecule has 0 aromatic carbocycles. The van der Waals surface area contributed by atoms with Gasteiger partial charge in [-0.25, -0.2) is 4.98 Å². The summed E-state index contributed by atoms with van der Waals surface area (Å²) in [6.45, 7) is 3.69. The van der Waals surface area contributed by atoms with Gasteiger partial charge in [0.25, 0.3) is 0 Å². The zero-order valence-electron chi connectivity index (χ0n) is 9.31. The number of halogens is 3. The Labute approximate surface area is 92.1 Å². The second-order valence-electron chi connectivity index (χ2n) is 3.67. The zero-order chi connectivity index (χ0) is 12.3. The Morgan fingerprint density at radius 2 is 1.94 bits per heavy atom. The van der Waals surface area contributed by atoms with Crippen LogP contribution in [0.4, 0.5) is 24.7 Å². The normalized spacial score (nSPS) is 11.7. The lowest BCUT2D eigenvalue weighted by Gasteiger charge is -2.15. The lowest BCUT2D eigenvalue weighted by atomic mass is 10.2. The van der Waals surface area contributed by atoms with Gasteiger partial charge in [-0.2, -0.15) is 13.2 Å². The molecule has 0 spiro atoms. The Morgan fingerprint density at radius 3 is 2.38 bits per heavy atom. The average Bonchev–Trinajstić information content (AvgIpc) is 2.15. The SMILES string of the molecule is CNc1ncc(C(F)(F)F)cc1NC(C)C. The maximum Gasteiger partial charge on any atom is 0.417 e. The van der Waals surface area contributed by atoms with Crippen LogP contribution in [0.5, 0.6) is 0 Å². The van der Waals surface area contributed by atoms with Gasteiger partial charge in [0.15, 0.2) is 0 Å². The molecule has 0 amide bonds. The van der Waals surface area contributed by atoms with Gasteiger partial charge in [-0.05, 0) is 19.9 Å². The third-order valence-electron chi connectivity index (χ3n) is 1.90. The molecule has 0 aliphatic carbocycles. The molecule has 0 aliphatic heterocycles. The standard InChI is InChI=1S/C10H14F3N3/c1-6(2)16-8-4-7(10(11,12)13)5-15-9(8)14-3/h4-6,16H,1-3H3,(H,14,15). The number of pyridine rings is 1. The van der Waals surface area contributed by atoms with E-state index in [1.807, 2.05) is 13.8 Å². The van der Waals surface area contributed by atoms with Gasteiger partial charge in [0.1, 0.15) is 5.82 Å². The molecule has 1 heterocycles. The Bertz CT molecular complexity index is 361. The van der Waals surface area contributed by atoms with Crippen molar-refractivity contribution in [1.29, 1.82) is 0 Å². The van der Waals surface area contributed by atoms with Gasteiger partial charge >= 0.3 is 6.18 Å². The molecule has 1 aromatic heterocycles. The van der Waals surface area contributed by atoms with Crippen molar-refractivity contribution >= 4 is 11.5 Å². The molecule has 0 saturated heterocycles. The maximum atomic E-state index is 12.5. The topological polar surface area (TPSA) is 37.0 Å². The maximum absolute atomic E-state index is 12.5. The first-order valence-electron chi connectivity index (χ1n) is 4.86. The molecule has 2 N–H and O–H groups in total. The van der Waals surface area contributed by atoms with Gasteiger partial charge in [-0.15, -0.1) is 0 Å². The van der Waals surface area contributed by atoms with Crippen LogP contribution in [0.3, 0.4) is 0 Å². The van der Waals surface area contributed by atoms with Crippen LogP contribution in [0.2, 0.25) is 0 Å². The predicted molar refractivity (Wildman–Crippen MR) is 57.5 cm³/mol. The molecule has 90 valence electrons. The summed E-state index contributed by atoms with van der Waals surface area (Å²) in [6.07, 6.45) is -3.55. The summed E-state index contributed by atoms with van der Waals surface area (Å²) in [4.78, 5) is 3.72. The van der Waals surface area contributed by atoms with Crippen molar-refractivity contribution in [2.24, 2.45) is 0 Å². The van der Waals surface area contributed by atoms with Gasteiger partial charge in [0.05, 0.1) is 11.3 Å². The van der Waals surface area contributed by atoms with Crippen LogP contribution < -0.4 is 10.6 Å². The highest BCUT2D eigenvalue weighted by Crippen LogP contribution is 2.32. The largest absolute Gasteiger partial charge is 0.417 e. The van der Waals surface area contributed by atoms with Gasteiger partial charge in [-0.1, -0.05) is 0 Å².